The molecule has 3 rings (SSSR count). The summed E-state index contributed by atoms with van der Waals surface area (Å²) in [5, 5.41) is 3.30. The van der Waals surface area contributed by atoms with Crippen molar-refractivity contribution >= 4 is 5.91 Å². The Morgan fingerprint density at radius 2 is 1.68 bits per heavy atom. The third kappa shape index (κ3) is 3.63. The zero-order chi connectivity index (χ0) is 15.5. The number of nitrogens with one attached hydrogen (secondary N) is 1. The van der Waals surface area contributed by atoms with E-state index in [4.69, 9.17) is 0 Å². The Labute approximate surface area is 135 Å². The molecule has 3 aliphatic rings. The second-order valence-electron chi connectivity index (χ2n) is 7.37. The molecule has 126 valence electrons. The van der Waals surface area contributed by atoms with Crippen LogP contribution in [0.4, 0.5) is 0 Å². The van der Waals surface area contributed by atoms with Gasteiger partial charge in [-0.15, -0.1) is 0 Å². The van der Waals surface area contributed by atoms with Gasteiger partial charge in [-0.2, -0.15) is 0 Å². The average molecular weight is 308 g/mol. The predicted molar refractivity (Wildman–Crippen MR) is 88.9 cm³/mol. The van der Waals surface area contributed by atoms with Crippen molar-refractivity contribution in [3.8, 4) is 0 Å². The Kier molecular flexibility index (Phi) is 5.37. The molecule has 0 aromatic carbocycles. The van der Waals surface area contributed by atoms with Gasteiger partial charge in [-0.05, 0) is 39.7 Å². The molecule has 3 heterocycles. The first kappa shape index (κ1) is 16.2. The van der Waals surface area contributed by atoms with Gasteiger partial charge in [0, 0.05) is 57.9 Å². The van der Waals surface area contributed by atoms with Crippen molar-refractivity contribution in [1.82, 2.24) is 20.0 Å². The van der Waals surface area contributed by atoms with Crippen LogP contribution in [0.25, 0.3) is 0 Å². The third-order valence-corrected chi connectivity index (χ3v) is 5.90. The summed E-state index contributed by atoms with van der Waals surface area (Å²) in [6, 6.07) is 1.49. The van der Waals surface area contributed by atoms with Gasteiger partial charge in [-0.3, -0.25) is 14.6 Å². The van der Waals surface area contributed by atoms with Gasteiger partial charge in [0.15, 0.2) is 0 Å². The number of nitrogens with zero attached hydrogens (tertiary/aromatic N) is 3. The normalized spacial score (nSPS) is 34.5. The maximum atomic E-state index is 12.4. The summed E-state index contributed by atoms with van der Waals surface area (Å²) in [4.78, 5) is 19.7. The van der Waals surface area contributed by atoms with Crippen molar-refractivity contribution in [3.63, 3.8) is 0 Å². The highest BCUT2D eigenvalue weighted by Gasteiger charge is 2.30. The first-order valence-corrected chi connectivity index (χ1v) is 9.12. The Bertz CT molecular complexity index is 365. The highest BCUT2D eigenvalue weighted by molar-refractivity contribution is 5.79. The Hall–Kier alpha value is -0.650. The van der Waals surface area contributed by atoms with Crippen LogP contribution in [0.15, 0.2) is 0 Å². The van der Waals surface area contributed by atoms with E-state index >= 15 is 0 Å². The summed E-state index contributed by atoms with van der Waals surface area (Å²) in [5.74, 6) is 0.615. The zero-order valence-electron chi connectivity index (χ0n) is 14.3. The molecular weight excluding hydrogens is 276 g/mol. The molecule has 0 aromatic rings. The molecule has 1 amide bonds. The van der Waals surface area contributed by atoms with Crippen molar-refractivity contribution < 1.29 is 4.79 Å². The highest BCUT2D eigenvalue weighted by Crippen LogP contribution is 2.23. The van der Waals surface area contributed by atoms with Crippen molar-refractivity contribution in [2.75, 3.05) is 52.4 Å². The van der Waals surface area contributed by atoms with Crippen LogP contribution >= 0.6 is 0 Å². The molecule has 0 bridgehead atoms. The van der Waals surface area contributed by atoms with Crippen LogP contribution in [-0.4, -0.2) is 85.0 Å². The lowest BCUT2D eigenvalue weighted by Gasteiger charge is -2.37. The van der Waals surface area contributed by atoms with E-state index < -0.39 is 0 Å². The summed E-state index contributed by atoms with van der Waals surface area (Å²) in [7, 11) is 0. The largest absolute Gasteiger partial charge is 0.340 e. The second kappa shape index (κ2) is 7.28. The van der Waals surface area contributed by atoms with E-state index in [-0.39, 0.29) is 5.92 Å². The van der Waals surface area contributed by atoms with Gasteiger partial charge in [-0.25, -0.2) is 0 Å². The lowest BCUT2D eigenvalue weighted by molar-refractivity contribution is -0.136. The van der Waals surface area contributed by atoms with Gasteiger partial charge in [0.1, 0.15) is 0 Å². The van der Waals surface area contributed by atoms with E-state index in [0.717, 1.165) is 64.3 Å². The van der Waals surface area contributed by atoms with Crippen molar-refractivity contribution in [1.29, 1.82) is 0 Å². The van der Waals surface area contributed by atoms with E-state index in [1.807, 2.05) is 0 Å². The number of likely N-dealkylation sites (tertiary alicyclic amines) is 1. The van der Waals surface area contributed by atoms with Crippen LogP contribution in [0.3, 0.4) is 0 Å². The SMILES string of the molecule is C[C@@H]1CC[C@@H](C)N1CCN1CCN(C(=O)[C@H]2CCNC2)CC1. The van der Waals surface area contributed by atoms with Gasteiger partial charge < -0.3 is 10.2 Å². The van der Waals surface area contributed by atoms with E-state index in [9.17, 15) is 4.79 Å². The average Bonchev–Trinajstić information content (AvgIpc) is 3.17. The minimum Gasteiger partial charge on any atom is -0.340 e. The van der Waals surface area contributed by atoms with Crippen LogP contribution in [0, 0.1) is 5.92 Å². The number of carbonyl (C=O) groups is 1. The first-order chi connectivity index (χ1) is 10.6. The van der Waals surface area contributed by atoms with E-state index in [1.54, 1.807) is 0 Å². The molecule has 3 atom stereocenters. The van der Waals surface area contributed by atoms with Crippen molar-refractivity contribution in [2.45, 2.75) is 45.2 Å². The molecule has 0 radical (unpaired) electrons. The molecular formula is C17H32N4O. The Morgan fingerprint density at radius 1 is 1.00 bits per heavy atom. The minimum atomic E-state index is 0.234. The third-order valence-electron chi connectivity index (χ3n) is 5.90. The molecule has 0 aromatic heterocycles. The number of piperazine rings is 1. The lowest BCUT2D eigenvalue weighted by atomic mass is 10.1. The number of hydrogen-bond donors (Lipinski definition) is 1. The fourth-order valence-corrected chi connectivity index (χ4v) is 4.26. The Balaban J connectivity index is 1.39. The summed E-state index contributed by atoms with van der Waals surface area (Å²) >= 11 is 0. The quantitative estimate of drug-likeness (QED) is 0.826. The zero-order valence-corrected chi connectivity index (χ0v) is 14.3. The minimum absolute atomic E-state index is 0.234. The maximum Gasteiger partial charge on any atom is 0.227 e. The number of carbonyl (C=O) groups excluding carboxylic acids is 1. The lowest BCUT2D eigenvalue weighted by Crippen LogP contribution is -2.52. The smallest absolute Gasteiger partial charge is 0.227 e. The van der Waals surface area contributed by atoms with Crippen LogP contribution in [-0.2, 0) is 4.79 Å². The molecule has 0 saturated carbocycles. The van der Waals surface area contributed by atoms with Gasteiger partial charge >= 0.3 is 0 Å². The predicted octanol–water partition coefficient (Wildman–Crippen LogP) is 0.613. The van der Waals surface area contributed by atoms with Crippen molar-refractivity contribution in [3.05, 3.63) is 0 Å². The van der Waals surface area contributed by atoms with E-state index in [0.29, 0.717) is 5.91 Å². The molecule has 22 heavy (non-hydrogen) atoms. The van der Waals surface area contributed by atoms with Crippen LogP contribution in [0.1, 0.15) is 33.1 Å². The molecule has 3 aliphatic heterocycles. The summed E-state index contributed by atoms with van der Waals surface area (Å²) in [6.07, 6.45) is 3.71. The molecule has 3 saturated heterocycles. The van der Waals surface area contributed by atoms with Gasteiger partial charge in [0.05, 0.1) is 5.92 Å². The molecule has 3 fully saturated rings. The van der Waals surface area contributed by atoms with Gasteiger partial charge in [0.25, 0.3) is 0 Å². The van der Waals surface area contributed by atoms with E-state index in [1.165, 1.54) is 19.4 Å². The molecule has 0 spiro atoms. The maximum absolute atomic E-state index is 12.4. The summed E-state index contributed by atoms with van der Waals surface area (Å²) in [5.41, 5.74) is 0. The fraction of sp³-hybridized carbons (Fsp3) is 0.941. The Morgan fingerprint density at radius 3 is 2.27 bits per heavy atom. The summed E-state index contributed by atoms with van der Waals surface area (Å²) < 4.78 is 0. The highest BCUT2D eigenvalue weighted by atomic mass is 16.2. The first-order valence-electron chi connectivity index (χ1n) is 9.12. The van der Waals surface area contributed by atoms with Gasteiger partial charge in [0.2, 0.25) is 5.91 Å². The number of hydrogen-bond acceptors (Lipinski definition) is 4. The molecule has 5 nitrogen and oxygen atoms in total. The standard InChI is InChI=1S/C17H32N4O/c1-14-3-4-15(2)21(14)12-9-19-7-10-20(11-8-19)17(22)16-5-6-18-13-16/h14-16,18H,3-13H2,1-2H3/t14-,15-,16+/m1/s1. The van der Waals surface area contributed by atoms with Crippen LogP contribution < -0.4 is 5.32 Å². The molecule has 5 heteroatoms. The van der Waals surface area contributed by atoms with Crippen LogP contribution in [0.2, 0.25) is 0 Å². The van der Waals surface area contributed by atoms with Gasteiger partial charge in [-0.1, -0.05) is 0 Å². The fourth-order valence-electron chi connectivity index (χ4n) is 4.26. The van der Waals surface area contributed by atoms with Crippen LogP contribution in [0.5, 0.6) is 0 Å². The summed E-state index contributed by atoms with van der Waals surface area (Å²) in [6.45, 7) is 12.9. The monoisotopic (exact) mass is 308 g/mol. The number of amides is 1. The molecule has 0 aliphatic carbocycles. The second-order valence-corrected chi connectivity index (χ2v) is 7.37. The topological polar surface area (TPSA) is 38.8 Å². The number of rotatable bonds is 4. The molecule has 1 N–H and O–H groups in total. The molecule has 0 unspecified atom stereocenters. The van der Waals surface area contributed by atoms with E-state index in [2.05, 4.69) is 33.9 Å². The van der Waals surface area contributed by atoms with Crippen molar-refractivity contribution in [2.24, 2.45) is 5.92 Å².